The number of unbranched alkanes of at least 4 members (excludes halogenated alkanes) is 1. The molecule has 1 atom stereocenters. The fraction of sp³-hybridized carbons (Fsp3) is 0.909. The van der Waals surface area contributed by atoms with Crippen LogP contribution in [0.5, 0.6) is 0 Å². The summed E-state index contributed by atoms with van der Waals surface area (Å²) in [6.07, 6.45) is 6.38. The first kappa shape index (κ1) is 15.6. The lowest BCUT2D eigenvalue weighted by molar-refractivity contribution is 0.232. The molecular formula is C11H25O2PS. The highest BCUT2D eigenvalue weighted by atomic mass is 32.7. The highest BCUT2D eigenvalue weighted by Gasteiger charge is 2.16. The summed E-state index contributed by atoms with van der Waals surface area (Å²) in [7, 11) is 0. The van der Waals surface area contributed by atoms with E-state index in [0.29, 0.717) is 5.92 Å². The van der Waals surface area contributed by atoms with Gasteiger partial charge in [0, 0.05) is 0 Å². The van der Waals surface area contributed by atoms with E-state index in [2.05, 4.69) is 34.0 Å². The molecule has 0 saturated carbocycles. The summed E-state index contributed by atoms with van der Waals surface area (Å²) in [6.45, 7) is 8.21. The van der Waals surface area contributed by atoms with E-state index in [-0.39, 0.29) is 0 Å². The third kappa shape index (κ3) is 8.38. The molecule has 0 radical (unpaired) electrons. The normalized spacial score (nSPS) is 15.5. The molecule has 2 nitrogen and oxygen atoms in total. The van der Waals surface area contributed by atoms with Crippen LogP contribution in [0.2, 0.25) is 0 Å². The van der Waals surface area contributed by atoms with Crippen molar-refractivity contribution in [1.82, 2.24) is 0 Å². The molecule has 15 heavy (non-hydrogen) atoms. The van der Waals surface area contributed by atoms with Gasteiger partial charge in [-0.3, -0.25) is 0 Å². The van der Waals surface area contributed by atoms with Crippen LogP contribution in [-0.4, -0.2) is 25.3 Å². The smallest absolute Gasteiger partial charge is 0.174 e. The minimum absolute atomic E-state index is 0.540. The maximum atomic E-state index is 5.82. The fourth-order valence-corrected chi connectivity index (χ4v) is 4.50. The highest BCUT2D eigenvalue weighted by Crippen LogP contribution is 2.60. The Kier molecular flexibility index (Phi) is 9.02. The minimum Gasteiger partial charge on any atom is -0.330 e. The second-order valence-corrected chi connectivity index (χ2v) is 8.92. The van der Waals surface area contributed by atoms with Crippen LogP contribution in [0.4, 0.5) is 0 Å². The Bertz CT molecular complexity index is 195. The molecule has 0 N–H and O–H groups in total. The van der Waals surface area contributed by atoms with Crippen molar-refractivity contribution < 1.29 is 9.05 Å². The third-order valence-electron chi connectivity index (χ3n) is 1.72. The van der Waals surface area contributed by atoms with Gasteiger partial charge in [0.15, 0.2) is 6.54 Å². The Hall–Kier alpha value is 0.570. The first-order valence-electron chi connectivity index (χ1n) is 5.71. The van der Waals surface area contributed by atoms with Gasteiger partial charge in [0.05, 0.1) is 13.2 Å². The van der Waals surface area contributed by atoms with Gasteiger partial charge in [0.1, 0.15) is 0 Å². The number of hydrogen-bond acceptors (Lipinski definition) is 3. The van der Waals surface area contributed by atoms with Crippen molar-refractivity contribution in [2.24, 2.45) is 5.92 Å². The van der Waals surface area contributed by atoms with E-state index in [1.54, 1.807) is 11.4 Å². The molecule has 92 valence electrons. The molecule has 0 aliphatic rings. The SMILES string of the molecule is C=P(OCCCC)(OCC(C)C)SCC. The van der Waals surface area contributed by atoms with Crippen LogP contribution in [-0.2, 0) is 9.05 Å². The summed E-state index contributed by atoms with van der Waals surface area (Å²) in [5.41, 5.74) is 0. The zero-order chi connectivity index (χ0) is 11.7. The van der Waals surface area contributed by atoms with E-state index < -0.39 is 6.54 Å². The Labute approximate surface area is 99.0 Å². The van der Waals surface area contributed by atoms with Crippen LogP contribution in [0.3, 0.4) is 0 Å². The molecule has 0 aliphatic heterocycles. The molecule has 0 aromatic heterocycles. The molecule has 0 aromatic rings. The van der Waals surface area contributed by atoms with Gasteiger partial charge in [0.25, 0.3) is 0 Å². The van der Waals surface area contributed by atoms with Crippen molar-refractivity contribution in [2.75, 3.05) is 19.0 Å². The highest BCUT2D eigenvalue weighted by molar-refractivity contribution is 8.57. The van der Waals surface area contributed by atoms with Gasteiger partial charge >= 0.3 is 0 Å². The lowest BCUT2D eigenvalue weighted by Gasteiger charge is -2.24. The summed E-state index contributed by atoms with van der Waals surface area (Å²) in [4.78, 5) is 0. The predicted octanol–water partition coefficient (Wildman–Crippen LogP) is 4.42. The summed E-state index contributed by atoms with van der Waals surface area (Å²) in [6, 6.07) is 0. The van der Waals surface area contributed by atoms with Gasteiger partial charge < -0.3 is 9.05 Å². The molecule has 1 unspecified atom stereocenters. The van der Waals surface area contributed by atoms with Crippen LogP contribution in [0.15, 0.2) is 0 Å². The van der Waals surface area contributed by atoms with Gasteiger partial charge in [-0.2, -0.15) is 0 Å². The molecule has 0 spiro atoms. The molecule has 0 heterocycles. The average molecular weight is 252 g/mol. The molecule has 0 rings (SSSR count). The predicted molar refractivity (Wildman–Crippen MR) is 73.8 cm³/mol. The van der Waals surface area contributed by atoms with E-state index in [4.69, 9.17) is 9.05 Å². The molecule has 0 aromatic carbocycles. The molecule has 0 saturated heterocycles. The molecule has 0 bridgehead atoms. The molecule has 0 fully saturated rings. The van der Waals surface area contributed by atoms with E-state index in [1.807, 2.05) is 0 Å². The largest absolute Gasteiger partial charge is 0.330 e. The van der Waals surface area contributed by atoms with Crippen molar-refractivity contribution >= 4 is 24.2 Å². The first-order valence-corrected chi connectivity index (χ1v) is 9.11. The average Bonchev–Trinajstić information content (AvgIpc) is 2.16. The Balaban J connectivity index is 4.00. The van der Waals surface area contributed by atoms with Crippen molar-refractivity contribution in [1.29, 1.82) is 0 Å². The van der Waals surface area contributed by atoms with Gasteiger partial charge in [-0.25, -0.2) is 0 Å². The summed E-state index contributed by atoms with van der Waals surface area (Å²) < 4.78 is 11.6. The maximum Gasteiger partial charge on any atom is 0.174 e. The molecule has 4 heteroatoms. The zero-order valence-electron chi connectivity index (χ0n) is 10.5. The Morgan fingerprint density at radius 2 is 1.93 bits per heavy atom. The molecule has 0 aliphatic carbocycles. The number of rotatable bonds is 9. The van der Waals surface area contributed by atoms with Crippen LogP contribution in [0.25, 0.3) is 0 Å². The Morgan fingerprint density at radius 3 is 2.40 bits per heavy atom. The van der Waals surface area contributed by atoms with Gasteiger partial charge in [-0.05, 0) is 24.4 Å². The lowest BCUT2D eigenvalue weighted by atomic mass is 10.2. The third-order valence-corrected chi connectivity index (χ3v) is 6.07. The second-order valence-electron chi connectivity index (χ2n) is 3.91. The van der Waals surface area contributed by atoms with Crippen molar-refractivity contribution in [3.63, 3.8) is 0 Å². The lowest BCUT2D eigenvalue weighted by Crippen LogP contribution is -2.02. The van der Waals surface area contributed by atoms with Gasteiger partial charge in [-0.15, -0.1) is 0 Å². The van der Waals surface area contributed by atoms with E-state index in [1.165, 1.54) is 0 Å². The fourth-order valence-electron chi connectivity index (χ4n) is 0.919. The monoisotopic (exact) mass is 252 g/mol. The first-order chi connectivity index (χ1) is 7.04. The van der Waals surface area contributed by atoms with Crippen molar-refractivity contribution in [3.05, 3.63) is 0 Å². The quantitative estimate of drug-likeness (QED) is 0.447. The van der Waals surface area contributed by atoms with Crippen molar-refractivity contribution in [3.8, 4) is 0 Å². The summed E-state index contributed by atoms with van der Waals surface area (Å²) >= 11 is 1.73. The van der Waals surface area contributed by atoms with E-state index >= 15 is 0 Å². The number of hydrogen-bond donors (Lipinski definition) is 0. The zero-order valence-corrected chi connectivity index (χ0v) is 12.2. The molecular weight excluding hydrogens is 227 g/mol. The molecule has 0 amide bonds. The van der Waals surface area contributed by atoms with Gasteiger partial charge in [0.2, 0.25) is 0 Å². The Morgan fingerprint density at radius 1 is 1.27 bits per heavy atom. The van der Waals surface area contributed by atoms with E-state index in [0.717, 1.165) is 31.8 Å². The van der Waals surface area contributed by atoms with Crippen LogP contribution in [0, 0.1) is 5.92 Å². The second kappa shape index (κ2) is 8.69. The van der Waals surface area contributed by atoms with E-state index in [9.17, 15) is 0 Å². The summed E-state index contributed by atoms with van der Waals surface area (Å²) in [5.74, 6) is 1.54. The van der Waals surface area contributed by atoms with Gasteiger partial charge in [-0.1, -0.05) is 45.5 Å². The van der Waals surface area contributed by atoms with Crippen molar-refractivity contribution in [2.45, 2.75) is 40.5 Å². The maximum absolute atomic E-state index is 5.82. The van der Waals surface area contributed by atoms with Crippen LogP contribution >= 0.6 is 17.9 Å². The minimum atomic E-state index is -1.89. The topological polar surface area (TPSA) is 18.5 Å². The summed E-state index contributed by atoms with van der Waals surface area (Å²) in [5, 5.41) is 0. The van der Waals surface area contributed by atoms with Crippen LogP contribution < -0.4 is 0 Å². The van der Waals surface area contributed by atoms with Crippen LogP contribution in [0.1, 0.15) is 40.5 Å². The standard InChI is InChI=1S/C11H25O2PS/c1-6-8-9-12-14(5,15-7-2)13-10-11(3)4/h11H,5-10H2,1-4H3.